The topological polar surface area (TPSA) is 64.6 Å². The highest BCUT2D eigenvalue weighted by Gasteiger charge is 2.42. The first-order chi connectivity index (χ1) is 15.8. The van der Waals surface area contributed by atoms with Crippen molar-refractivity contribution in [2.24, 2.45) is 0 Å². The van der Waals surface area contributed by atoms with E-state index in [-0.39, 0.29) is 29.8 Å². The van der Waals surface area contributed by atoms with E-state index >= 15 is 0 Å². The Labute approximate surface area is 193 Å². The second-order valence-electron chi connectivity index (χ2n) is 8.73. The van der Waals surface area contributed by atoms with Gasteiger partial charge in [0.25, 0.3) is 0 Å². The number of carbonyl (C=O) groups is 2. The predicted molar refractivity (Wildman–Crippen MR) is 123 cm³/mol. The van der Waals surface area contributed by atoms with Gasteiger partial charge < -0.3 is 14.8 Å². The molecule has 33 heavy (non-hydrogen) atoms. The summed E-state index contributed by atoms with van der Waals surface area (Å²) in [6.45, 7) is 5.29. The van der Waals surface area contributed by atoms with Crippen LogP contribution in [0.5, 0.6) is 5.75 Å². The fraction of sp³-hybridized carbons (Fsp3) is 0.333. The van der Waals surface area contributed by atoms with E-state index in [0.717, 1.165) is 11.3 Å². The number of carbonyl (C=O) groups excluding carboxylic acids is 2. The molecular weight excluding hydrogens is 421 g/mol. The van der Waals surface area contributed by atoms with Gasteiger partial charge in [-0.15, -0.1) is 0 Å². The minimum Gasteiger partial charge on any atom is -0.496 e. The molecule has 0 unspecified atom stereocenters. The van der Waals surface area contributed by atoms with Gasteiger partial charge in [-0.2, -0.15) is 0 Å². The fourth-order valence-corrected chi connectivity index (χ4v) is 4.83. The van der Waals surface area contributed by atoms with Gasteiger partial charge in [-0.05, 0) is 44.9 Å². The van der Waals surface area contributed by atoms with Crippen molar-refractivity contribution in [2.75, 3.05) is 7.11 Å². The molecule has 5 nitrogen and oxygen atoms in total. The van der Waals surface area contributed by atoms with Crippen molar-refractivity contribution >= 4 is 11.8 Å². The molecule has 1 heterocycles. The van der Waals surface area contributed by atoms with E-state index in [1.807, 2.05) is 24.3 Å². The Hall–Kier alpha value is -3.41. The quantitative estimate of drug-likeness (QED) is 0.640. The number of nitrogens with one attached hydrogen (secondary N) is 1. The lowest BCUT2D eigenvalue weighted by atomic mass is 9.71. The highest BCUT2D eigenvalue weighted by Crippen LogP contribution is 2.47. The van der Waals surface area contributed by atoms with Crippen LogP contribution in [0, 0.1) is 5.82 Å². The van der Waals surface area contributed by atoms with Crippen LogP contribution in [0.4, 0.5) is 4.39 Å². The van der Waals surface area contributed by atoms with Gasteiger partial charge in [-0.25, -0.2) is 9.18 Å². The van der Waals surface area contributed by atoms with Crippen LogP contribution in [-0.4, -0.2) is 25.0 Å². The summed E-state index contributed by atoms with van der Waals surface area (Å²) in [5.41, 5.74) is 3.25. The number of allylic oxidation sites excluding steroid dienone is 3. The van der Waals surface area contributed by atoms with Crippen molar-refractivity contribution in [2.45, 2.75) is 51.6 Å². The van der Waals surface area contributed by atoms with Crippen LogP contribution in [-0.2, 0) is 14.3 Å². The molecule has 0 amide bonds. The van der Waals surface area contributed by atoms with Crippen LogP contribution in [0.15, 0.2) is 71.1 Å². The minimum atomic E-state index is -0.820. The number of halogens is 1. The molecule has 0 bridgehead atoms. The molecule has 4 rings (SSSR count). The van der Waals surface area contributed by atoms with Crippen molar-refractivity contribution in [1.29, 1.82) is 0 Å². The molecule has 0 spiro atoms. The smallest absolute Gasteiger partial charge is 0.337 e. The van der Waals surface area contributed by atoms with Crippen molar-refractivity contribution in [3.05, 3.63) is 88.0 Å². The van der Waals surface area contributed by atoms with Gasteiger partial charge in [-0.1, -0.05) is 36.4 Å². The number of dihydropyridines is 1. The number of methoxy groups -OCH3 is 1. The van der Waals surface area contributed by atoms with E-state index in [1.165, 1.54) is 6.07 Å². The molecular formula is C27H28FNO4. The van der Waals surface area contributed by atoms with Crippen LogP contribution in [0.2, 0.25) is 0 Å². The van der Waals surface area contributed by atoms with E-state index in [4.69, 9.17) is 9.47 Å². The Morgan fingerprint density at radius 2 is 1.73 bits per heavy atom. The summed E-state index contributed by atoms with van der Waals surface area (Å²) in [5, 5.41) is 3.28. The first-order valence-electron chi connectivity index (χ1n) is 11.1. The second kappa shape index (κ2) is 9.22. The monoisotopic (exact) mass is 449 g/mol. The molecule has 1 aliphatic heterocycles. The molecule has 2 aromatic carbocycles. The van der Waals surface area contributed by atoms with E-state index < -0.39 is 17.7 Å². The number of rotatable bonds is 5. The molecule has 2 atom stereocenters. The summed E-state index contributed by atoms with van der Waals surface area (Å²) in [6, 6.07) is 14.0. The van der Waals surface area contributed by atoms with Crippen LogP contribution >= 0.6 is 0 Å². The molecule has 0 fully saturated rings. The summed E-state index contributed by atoms with van der Waals surface area (Å²) in [6.07, 6.45) is 0.458. The van der Waals surface area contributed by atoms with Gasteiger partial charge in [0, 0.05) is 34.9 Å². The maximum atomic E-state index is 15.0. The number of hydrogen-bond acceptors (Lipinski definition) is 5. The van der Waals surface area contributed by atoms with Crippen molar-refractivity contribution < 1.29 is 23.5 Å². The van der Waals surface area contributed by atoms with Gasteiger partial charge in [0.15, 0.2) is 5.78 Å². The summed E-state index contributed by atoms with van der Waals surface area (Å²) in [4.78, 5) is 26.6. The Bertz CT molecular complexity index is 1160. The Kier molecular flexibility index (Phi) is 6.36. The van der Waals surface area contributed by atoms with Gasteiger partial charge >= 0.3 is 5.97 Å². The van der Waals surface area contributed by atoms with Crippen LogP contribution < -0.4 is 10.1 Å². The van der Waals surface area contributed by atoms with E-state index in [1.54, 1.807) is 46.1 Å². The van der Waals surface area contributed by atoms with Crippen LogP contribution in [0.25, 0.3) is 0 Å². The lowest BCUT2D eigenvalue weighted by Crippen LogP contribution is -2.36. The molecule has 0 saturated heterocycles. The van der Waals surface area contributed by atoms with Crippen LogP contribution in [0.3, 0.4) is 0 Å². The fourth-order valence-electron chi connectivity index (χ4n) is 4.83. The number of Topliss-reactive ketones (excluding diaryl/α,β-unsaturated/α-hetero) is 1. The summed E-state index contributed by atoms with van der Waals surface area (Å²) < 4.78 is 26.0. The summed E-state index contributed by atoms with van der Waals surface area (Å²) >= 11 is 0. The summed E-state index contributed by atoms with van der Waals surface area (Å²) in [5.74, 6) is -1.30. The highest BCUT2D eigenvalue weighted by molar-refractivity contribution is 6.04. The van der Waals surface area contributed by atoms with E-state index in [9.17, 15) is 14.0 Å². The predicted octanol–water partition coefficient (Wildman–Crippen LogP) is 5.15. The first kappa shape index (κ1) is 22.8. The Morgan fingerprint density at radius 3 is 2.39 bits per heavy atom. The Balaban J connectivity index is 1.82. The minimum absolute atomic E-state index is 0.0851. The molecule has 0 saturated carbocycles. The molecule has 172 valence electrons. The third-order valence-corrected chi connectivity index (χ3v) is 6.19. The zero-order valence-electron chi connectivity index (χ0n) is 19.3. The largest absolute Gasteiger partial charge is 0.496 e. The van der Waals surface area contributed by atoms with E-state index in [0.29, 0.717) is 29.0 Å². The maximum absolute atomic E-state index is 15.0. The van der Waals surface area contributed by atoms with Crippen molar-refractivity contribution in [3.8, 4) is 5.75 Å². The van der Waals surface area contributed by atoms with Gasteiger partial charge in [0.1, 0.15) is 11.6 Å². The lowest BCUT2D eigenvalue weighted by Gasteiger charge is -2.37. The lowest BCUT2D eigenvalue weighted by molar-refractivity contribution is -0.143. The number of para-hydroxylation sites is 1. The molecule has 2 aromatic rings. The number of ether oxygens (including phenoxy) is 2. The van der Waals surface area contributed by atoms with Gasteiger partial charge in [0.05, 0.1) is 24.7 Å². The molecule has 0 aromatic heterocycles. The summed E-state index contributed by atoms with van der Waals surface area (Å²) in [7, 11) is 1.61. The number of esters is 1. The van der Waals surface area contributed by atoms with E-state index in [2.05, 4.69) is 5.32 Å². The number of hydrogen-bond donors (Lipinski definition) is 1. The second-order valence-corrected chi connectivity index (χ2v) is 8.73. The standard InChI is InChI=1S/C27H28FNO4/c1-15(2)33-27(31)24-16(3)29-21-13-17(18-9-6-8-12-23(18)32-4)14-22(30)26(21)25(24)19-10-5-7-11-20(19)28/h5-12,15,17,25,29H,13-14H2,1-4H3/t17-,25-/m1/s1. The Morgan fingerprint density at radius 1 is 1.06 bits per heavy atom. The number of benzene rings is 2. The van der Waals surface area contributed by atoms with Gasteiger partial charge in [0.2, 0.25) is 0 Å². The third kappa shape index (κ3) is 4.30. The zero-order chi connectivity index (χ0) is 23.7. The highest BCUT2D eigenvalue weighted by atomic mass is 19.1. The first-order valence-corrected chi connectivity index (χ1v) is 11.1. The van der Waals surface area contributed by atoms with Crippen LogP contribution in [0.1, 0.15) is 56.6 Å². The molecule has 1 N–H and O–H groups in total. The zero-order valence-corrected chi connectivity index (χ0v) is 19.3. The van der Waals surface area contributed by atoms with Gasteiger partial charge in [-0.3, -0.25) is 4.79 Å². The number of ketones is 1. The molecule has 0 radical (unpaired) electrons. The third-order valence-electron chi connectivity index (χ3n) is 6.19. The average Bonchev–Trinajstić information content (AvgIpc) is 2.77. The maximum Gasteiger partial charge on any atom is 0.337 e. The SMILES string of the molecule is COc1ccccc1[C@H]1CC(=O)C2=C(C1)NC(C)=C(C(=O)OC(C)C)[C@H]2c1ccccc1F. The molecule has 6 heteroatoms. The average molecular weight is 450 g/mol. The van der Waals surface area contributed by atoms with Crippen molar-refractivity contribution in [3.63, 3.8) is 0 Å². The van der Waals surface area contributed by atoms with Crippen molar-refractivity contribution in [1.82, 2.24) is 5.32 Å². The normalized spacial score (nSPS) is 20.5. The molecule has 2 aliphatic rings. The molecule has 1 aliphatic carbocycles.